The Balaban J connectivity index is 3.67. The molecule has 62 valence electrons. The normalized spacial score (nSPS) is 14.5. The summed E-state index contributed by atoms with van der Waals surface area (Å²) in [4.78, 5) is 0. The van der Waals surface area contributed by atoms with Gasteiger partial charge in [0, 0.05) is 12.8 Å². The second-order valence-electron chi connectivity index (χ2n) is 2.61. The van der Waals surface area contributed by atoms with Crippen LogP contribution in [0.2, 0.25) is 0 Å². The van der Waals surface area contributed by atoms with Crippen LogP contribution in [0.5, 0.6) is 0 Å². The lowest BCUT2D eigenvalue weighted by atomic mass is 10.0. The number of rotatable bonds is 3. The fourth-order valence-corrected chi connectivity index (χ4v) is 0.711. The van der Waals surface area contributed by atoms with E-state index in [0.717, 1.165) is 12.8 Å². The first-order chi connectivity index (χ1) is 5.22. The second-order valence-corrected chi connectivity index (χ2v) is 2.61. The van der Waals surface area contributed by atoms with Crippen molar-refractivity contribution in [3.8, 4) is 11.8 Å². The average Bonchev–Trinajstić information content (AvgIpc) is 2.03. The molecule has 0 bridgehead atoms. The van der Waals surface area contributed by atoms with Crippen LogP contribution in [0.25, 0.3) is 0 Å². The third kappa shape index (κ3) is 4.64. The van der Waals surface area contributed by atoms with E-state index in [1.54, 1.807) is 6.08 Å². The largest absolute Gasteiger partial charge is 0.389 e. The van der Waals surface area contributed by atoms with Gasteiger partial charge in [0.15, 0.2) is 0 Å². The van der Waals surface area contributed by atoms with Crippen molar-refractivity contribution >= 4 is 0 Å². The molecule has 0 fully saturated rings. The van der Waals surface area contributed by atoms with Crippen molar-refractivity contribution in [1.82, 2.24) is 0 Å². The van der Waals surface area contributed by atoms with Crippen molar-refractivity contribution in [3.63, 3.8) is 0 Å². The first-order valence-corrected chi connectivity index (χ1v) is 3.98. The molecule has 0 aliphatic rings. The third-order valence-corrected chi connectivity index (χ3v) is 1.55. The molecule has 0 rings (SSSR count). The Morgan fingerprint density at radius 2 is 2.18 bits per heavy atom. The highest BCUT2D eigenvalue weighted by atomic mass is 16.3. The lowest BCUT2D eigenvalue weighted by molar-refractivity contribution is 0.165. The summed E-state index contributed by atoms with van der Waals surface area (Å²) in [5.41, 5.74) is 0. The van der Waals surface area contributed by atoms with E-state index >= 15 is 0 Å². The van der Waals surface area contributed by atoms with E-state index in [4.69, 9.17) is 0 Å². The number of hydrogen-bond acceptors (Lipinski definition) is 1. The molecule has 0 saturated heterocycles. The van der Waals surface area contributed by atoms with Crippen molar-refractivity contribution in [3.05, 3.63) is 12.7 Å². The van der Waals surface area contributed by atoms with Gasteiger partial charge in [-0.25, -0.2) is 0 Å². The van der Waals surface area contributed by atoms with Crippen LogP contribution in [0.15, 0.2) is 12.7 Å². The van der Waals surface area contributed by atoms with E-state index in [2.05, 4.69) is 18.4 Å². The zero-order chi connectivity index (χ0) is 8.69. The van der Waals surface area contributed by atoms with Crippen LogP contribution in [-0.2, 0) is 0 Å². The molecule has 1 nitrogen and oxygen atoms in total. The van der Waals surface area contributed by atoms with Crippen LogP contribution in [0, 0.1) is 17.8 Å². The Kier molecular flexibility index (Phi) is 5.60. The van der Waals surface area contributed by atoms with Crippen molar-refractivity contribution in [2.24, 2.45) is 5.92 Å². The van der Waals surface area contributed by atoms with Gasteiger partial charge < -0.3 is 5.11 Å². The van der Waals surface area contributed by atoms with E-state index in [1.165, 1.54) is 0 Å². The molecule has 0 aliphatic heterocycles. The molecule has 0 aliphatic carbocycles. The Labute approximate surface area is 69.1 Å². The first kappa shape index (κ1) is 10.3. The lowest BCUT2D eigenvalue weighted by Crippen LogP contribution is -2.13. The van der Waals surface area contributed by atoms with Gasteiger partial charge in [0.05, 0.1) is 6.10 Å². The van der Waals surface area contributed by atoms with E-state index in [-0.39, 0.29) is 5.92 Å². The molecule has 0 amide bonds. The molecule has 0 spiro atoms. The van der Waals surface area contributed by atoms with Crippen LogP contribution in [-0.4, -0.2) is 11.2 Å². The Hall–Kier alpha value is -0.740. The summed E-state index contributed by atoms with van der Waals surface area (Å²) in [6.07, 6.45) is 2.78. The minimum atomic E-state index is -0.416. The van der Waals surface area contributed by atoms with Gasteiger partial charge in [0.25, 0.3) is 0 Å². The molecule has 0 saturated carbocycles. The van der Waals surface area contributed by atoms with Crippen molar-refractivity contribution in [2.75, 3.05) is 0 Å². The van der Waals surface area contributed by atoms with Crippen LogP contribution in [0.3, 0.4) is 0 Å². The Morgan fingerprint density at radius 1 is 1.55 bits per heavy atom. The van der Waals surface area contributed by atoms with Gasteiger partial charge in [-0.05, 0) is 5.92 Å². The third-order valence-electron chi connectivity index (χ3n) is 1.55. The molecule has 1 heteroatoms. The summed E-state index contributed by atoms with van der Waals surface area (Å²) >= 11 is 0. The molecule has 2 unspecified atom stereocenters. The molecule has 0 aromatic rings. The average molecular weight is 152 g/mol. The maximum atomic E-state index is 9.24. The zero-order valence-corrected chi connectivity index (χ0v) is 7.30. The van der Waals surface area contributed by atoms with Crippen LogP contribution in [0.1, 0.15) is 26.7 Å². The van der Waals surface area contributed by atoms with Gasteiger partial charge in [-0.2, -0.15) is 0 Å². The molecule has 0 heterocycles. The topological polar surface area (TPSA) is 20.2 Å². The van der Waals surface area contributed by atoms with E-state index in [9.17, 15) is 5.11 Å². The van der Waals surface area contributed by atoms with Gasteiger partial charge in [0.2, 0.25) is 0 Å². The highest BCUT2D eigenvalue weighted by molar-refractivity contribution is 5.00. The van der Waals surface area contributed by atoms with Gasteiger partial charge >= 0.3 is 0 Å². The molecular weight excluding hydrogens is 136 g/mol. The van der Waals surface area contributed by atoms with Gasteiger partial charge in [-0.3, -0.25) is 0 Å². The Morgan fingerprint density at radius 3 is 2.64 bits per heavy atom. The quantitative estimate of drug-likeness (QED) is 0.484. The fourth-order valence-electron chi connectivity index (χ4n) is 0.711. The monoisotopic (exact) mass is 152 g/mol. The van der Waals surface area contributed by atoms with Crippen LogP contribution in [0.4, 0.5) is 0 Å². The summed E-state index contributed by atoms with van der Waals surface area (Å²) < 4.78 is 0. The molecule has 0 radical (unpaired) electrons. The van der Waals surface area contributed by atoms with Crippen LogP contribution < -0.4 is 0 Å². The van der Waals surface area contributed by atoms with E-state index in [0.29, 0.717) is 0 Å². The Bertz CT molecular complexity index is 161. The molecule has 0 aromatic carbocycles. The predicted octanol–water partition coefficient (Wildman–Crippen LogP) is 1.97. The van der Waals surface area contributed by atoms with Gasteiger partial charge in [0.1, 0.15) is 0 Å². The molecule has 0 aromatic heterocycles. The smallest absolute Gasteiger partial charge is 0.0752 e. The predicted molar refractivity (Wildman–Crippen MR) is 48.1 cm³/mol. The summed E-state index contributed by atoms with van der Waals surface area (Å²) in [5.74, 6) is 6.16. The maximum Gasteiger partial charge on any atom is 0.0752 e. The fraction of sp³-hybridized carbons (Fsp3) is 0.600. The summed E-state index contributed by atoms with van der Waals surface area (Å²) in [5, 5.41) is 9.24. The molecule has 11 heavy (non-hydrogen) atoms. The van der Waals surface area contributed by atoms with Gasteiger partial charge in [-0.1, -0.05) is 19.9 Å². The maximum absolute atomic E-state index is 9.24. The summed E-state index contributed by atoms with van der Waals surface area (Å²) in [7, 11) is 0. The SMILES string of the molecule is C=CC(O)C(C)CC#CCC. The zero-order valence-electron chi connectivity index (χ0n) is 7.30. The molecular formula is C10H16O. The number of hydrogen-bond donors (Lipinski definition) is 1. The number of aliphatic hydroxyl groups is 1. The van der Waals surface area contributed by atoms with E-state index in [1.807, 2.05) is 13.8 Å². The first-order valence-electron chi connectivity index (χ1n) is 3.98. The number of aliphatic hydroxyl groups excluding tert-OH is 1. The standard InChI is InChI=1S/C10H16O/c1-4-6-7-8-9(3)10(11)5-2/h5,9-11H,2,4,8H2,1,3H3. The lowest BCUT2D eigenvalue weighted by Gasteiger charge is -2.10. The molecule has 2 atom stereocenters. The summed E-state index contributed by atoms with van der Waals surface area (Å²) in [6.45, 7) is 7.50. The van der Waals surface area contributed by atoms with Gasteiger partial charge in [-0.15, -0.1) is 18.4 Å². The minimum Gasteiger partial charge on any atom is -0.389 e. The van der Waals surface area contributed by atoms with E-state index < -0.39 is 6.10 Å². The van der Waals surface area contributed by atoms with Crippen molar-refractivity contribution in [2.45, 2.75) is 32.8 Å². The highest BCUT2D eigenvalue weighted by Crippen LogP contribution is 2.07. The van der Waals surface area contributed by atoms with Crippen molar-refractivity contribution < 1.29 is 5.11 Å². The minimum absolute atomic E-state index is 0.201. The second kappa shape index (κ2) is 6.00. The summed E-state index contributed by atoms with van der Waals surface area (Å²) in [6, 6.07) is 0. The van der Waals surface area contributed by atoms with Crippen molar-refractivity contribution in [1.29, 1.82) is 0 Å². The highest BCUT2D eigenvalue weighted by Gasteiger charge is 2.07. The molecule has 1 N–H and O–H groups in total. The van der Waals surface area contributed by atoms with Crippen LogP contribution >= 0.6 is 0 Å².